The molecule has 3 heterocycles. The standard InChI is InChI=1S/C23H26N4O2/c1-15-5-4-6-17-13-18(28)14-20-25-26-23(27(20)22(15)17)16-8-10-19(11-9-16)29-21-7-2-3-12-24-21/h2-7,12,16,18-19,28H,8-11,13-14H2,1H3/t16?,18-,19?/m1/s1. The summed E-state index contributed by atoms with van der Waals surface area (Å²) in [6, 6.07) is 12.1. The number of aryl methyl sites for hydroxylation is 1. The number of hydrogen-bond acceptors (Lipinski definition) is 5. The molecule has 1 aromatic carbocycles. The molecule has 0 bridgehead atoms. The Bertz CT molecular complexity index is 993. The minimum atomic E-state index is -0.420. The van der Waals surface area contributed by atoms with Crippen LogP contribution in [0.3, 0.4) is 0 Å². The minimum absolute atomic E-state index is 0.198. The van der Waals surface area contributed by atoms with Crippen molar-refractivity contribution in [3.63, 3.8) is 0 Å². The maximum atomic E-state index is 10.5. The molecule has 0 spiro atoms. The van der Waals surface area contributed by atoms with Gasteiger partial charge in [-0.1, -0.05) is 24.3 Å². The lowest BCUT2D eigenvalue weighted by molar-refractivity contribution is 0.139. The molecule has 0 saturated heterocycles. The highest BCUT2D eigenvalue weighted by Crippen LogP contribution is 2.37. The average Bonchev–Trinajstić information content (AvgIpc) is 3.05. The number of aromatic nitrogens is 4. The Morgan fingerprint density at radius 2 is 1.86 bits per heavy atom. The van der Waals surface area contributed by atoms with Crippen LogP contribution in [0.5, 0.6) is 5.88 Å². The monoisotopic (exact) mass is 390 g/mol. The predicted octanol–water partition coefficient (Wildman–Crippen LogP) is 3.54. The van der Waals surface area contributed by atoms with Gasteiger partial charge in [-0.25, -0.2) is 4.98 Å². The van der Waals surface area contributed by atoms with Crippen molar-refractivity contribution in [3.8, 4) is 11.6 Å². The Morgan fingerprint density at radius 1 is 1.00 bits per heavy atom. The van der Waals surface area contributed by atoms with Gasteiger partial charge in [-0.2, -0.15) is 0 Å². The molecule has 0 unspecified atom stereocenters. The van der Waals surface area contributed by atoms with E-state index in [4.69, 9.17) is 4.74 Å². The van der Waals surface area contributed by atoms with E-state index in [0.717, 1.165) is 43.0 Å². The first-order valence-corrected chi connectivity index (χ1v) is 10.5. The number of nitrogens with zero attached hydrogens (tertiary/aromatic N) is 4. The smallest absolute Gasteiger partial charge is 0.213 e. The molecule has 150 valence electrons. The van der Waals surface area contributed by atoms with Crippen LogP contribution in [0.1, 0.15) is 54.4 Å². The van der Waals surface area contributed by atoms with Crippen molar-refractivity contribution in [2.24, 2.45) is 0 Å². The predicted molar refractivity (Wildman–Crippen MR) is 109 cm³/mol. The number of benzene rings is 1. The van der Waals surface area contributed by atoms with E-state index in [-0.39, 0.29) is 6.10 Å². The number of para-hydroxylation sites is 1. The molecule has 5 rings (SSSR count). The molecule has 0 radical (unpaired) electrons. The van der Waals surface area contributed by atoms with Gasteiger partial charge in [0.2, 0.25) is 5.88 Å². The highest BCUT2D eigenvalue weighted by molar-refractivity contribution is 5.50. The molecule has 0 amide bonds. The van der Waals surface area contributed by atoms with Crippen molar-refractivity contribution in [3.05, 3.63) is 65.4 Å². The molecule has 2 aromatic heterocycles. The Balaban J connectivity index is 1.40. The third-order valence-corrected chi connectivity index (χ3v) is 6.14. The van der Waals surface area contributed by atoms with E-state index >= 15 is 0 Å². The van der Waals surface area contributed by atoms with E-state index in [1.54, 1.807) is 6.20 Å². The number of hydrogen-bond donors (Lipinski definition) is 1. The molecular formula is C23H26N4O2. The zero-order chi connectivity index (χ0) is 19.8. The summed E-state index contributed by atoms with van der Waals surface area (Å²) in [5.74, 6) is 2.95. The molecular weight excluding hydrogens is 364 g/mol. The van der Waals surface area contributed by atoms with E-state index in [1.807, 2.05) is 18.2 Å². The van der Waals surface area contributed by atoms with Gasteiger partial charge >= 0.3 is 0 Å². The first-order valence-electron chi connectivity index (χ1n) is 10.5. The summed E-state index contributed by atoms with van der Waals surface area (Å²) in [5, 5.41) is 19.5. The van der Waals surface area contributed by atoms with Gasteiger partial charge in [0.1, 0.15) is 17.8 Å². The topological polar surface area (TPSA) is 73.1 Å². The lowest BCUT2D eigenvalue weighted by Gasteiger charge is -2.28. The van der Waals surface area contributed by atoms with E-state index in [9.17, 15) is 5.11 Å². The highest BCUT2D eigenvalue weighted by atomic mass is 16.5. The molecule has 1 N–H and O–H groups in total. The molecule has 1 aliphatic heterocycles. The van der Waals surface area contributed by atoms with Gasteiger partial charge < -0.3 is 9.84 Å². The normalized spacial score (nSPS) is 23.7. The second-order valence-electron chi connectivity index (χ2n) is 8.21. The fraction of sp³-hybridized carbons (Fsp3) is 0.435. The van der Waals surface area contributed by atoms with Gasteiger partial charge in [-0.15, -0.1) is 10.2 Å². The van der Waals surface area contributed by atoms with Crippen LogP contribution in [0, 0.1) is 6.92 Å². The molecule has 1 aliphatic carbocycles. The molecule has 1 atom stereocenters. The van der Waals surface area contributed by atoms with Crippen molar-refractivity contribution in [1.29, 1.82) is 0 Å². The van der Waals surface area contributed by atoms with Gasteiger partial charge in [-0.3, -0.25) is 4.57 Å². The first kappa shape index (κ1) is 18.3. The van der Waals surface area contributed by atoms with Crippen LogP contribution in [0.4, 0.5) is 0 Å². The Kier molecular flexibility index (Phi) is 4.79. The van der Waals surface area contributed by atoms with Crippen LogP contribution < -0.4 is 4.74 Å². The van der Waals surface area contributed by atoms with Crippen LogP contribution in [-0.2, 0) is 12.8 Å². The summed E-state index contributed by atoms with van der Waals surface area (Å²) < 4.78 is 8.28. The first-order chi connectivity index (χ1) is 14.2. The van der Waals surface area contributed by atoms with Gasteiger partial charge in [0.05, 0.1) is 11.8 Å². The van der Waals surface area contributed by atoms with E-state index < -0.39 is 6.10 Å². The number of pyridine rings is 1. The second kappa shape index (κ2) is 7.59. The zero-order valence-electron chi connectivity index (χ0n) is 16.7. The Hall–Kier alpha value is -2.73. The average molecular weight is 390 g/mol. The molecule has 29 heavy (non-hydrogen) atoms. The summed E-state index contributed by atoms with van der Waals surface area (Å²) in [7, 11) is 0. The SMILES string of the molecule is Cc1cccc2c1-n1c(nnc1C1CCC(Oc3ccccn3)CC1)C[C@H](O)C2. The quantitative estimate of drug-likeness (QED) is 0.741. The van der Waals surface area contributed by atoms with Crippen LogP contribution in [0.2, 0.25) is 0 Å². The lowest BCUT2D eigenvalue weighted by Crippen LogP contribution is -2.25. The van der Waals surface area contributed by atoms with Crippen molar-refractivity contribution < 1.29 is 9.84 Å². The van der Waals surface area contributed by atoms with Crippen LogP contribution in [0.25, 0.3) is 5.69 Å². The molecule has 1 fully saturated rings. The van der Waals surface area contributed by atoms with Gasteiger partial charge in [0.25, 0.3) is 0 Å². The molecule has 1 saturated carbocycles. The van der Waals surface area contributed by atoms with Gasteiger partial charge in [-0.05, 0) is 49.8 Å². The highest BCUT2D eigenvalue weighted by Gasteiger charge is 2.31. The molecule has 6 nitrogen and oxygen atoms in total. The minimum Gasteiger partial charge on any atom is -0.474 e. The van der Waals surface area contributed by atoms with E-state index in [2.05, 4.69) is 44.9 Å². The molecule has 6 heteroatoms. The van der Waals surface area contributed by atoms with Gasteiger partial charge in [0.15, 0.2) is 0 Å². The summed E-state index contributed by atoms with van der Waals surface area (Å²) in [5.41, 5.74) is 3.53. The maximum absolute atomic E-state index is 10.5. The third-order valence-electron chi connectivity index (χ3n) is 6.14. The van der Waals surface area contributed by atoms with Crippen LogP contribution in [-0.4, -0.2) is 37.1 Å². The molecule has 2 aliphatic rings. The Labute approximate surface area is 170 Å². The number of aliphatic hydroxyl groups excluding tert-OH is 1. The summed E-state index contributed by atoms with van der Waals surface area (Å²) in [4.78, 5) is 4.28. The third kappa shape index (κ3) is 3.53. The van der Waals surface area contributed by atoms with Crippen LogP contribution in [0.15, 0.2) is 42.6 Å². The number of ether oxygens (including phenoxy) is 1. The molecule has 3 aromatic rings. The fourth-order valence-corrected chi connectivity index (χ4v) is 4.74. The van der Waals surface area contributed by atoms with Crippen molar-refractivity contribution >= 4 is 0 Å². The largest absolute Gasteiger partial charge is 0.474 e. The van der Waals surface area contributed by atoms with E-state index in [1.165, 1.54) is 11.1 Å². The lowest BCUT2D eigenvalue weighted by atomic mass is 9.86. The number of rotatable bonds is 3. The van der Waals surface area contributed by atoms with Crippen molar-refractivity contribution in [2.75, 3.05) is 0 Å². The van der Waals surface area contributed by atoms with Crippen LogP contribution >= 0.6 is 0 Å². The fourth-order valence-electron chi connectivity index (χ4n) is 4.74. The zero-order valence-corrected chi connectivity index (χ0v) is 16.7. The number of aliphatic hydroxyl groups is 1. The van der Waals surface area contributed by atoms with E-state index in [0.29, 0.717) is 24.6 Å². The van der Waals surface area contributed by atoms with Gasteiger partial charge in [0, 0.05) is 31.0 Å². The maximum Gasteiger partial charge on any atom is 0.213 e. The van der Waals surface area contributed by atoms with Crippen molar-refractivity contribution in [1.82, 2.24) is 19.7 Å². The number of fused-ring (bicyclic) bond motifs is 3. The summed E-state index contributed by atoms with van der Waals surface area (Å²) in [6.07, 6.45) is 6.72. The Morgan fingerprint density at radius 3 is 2.66 bits per heavy atom. The second-order valence-corrected chi connectivity index (χ2v) is 8.21. The van der Waals surface area contributed by atoms with Crippen molar-refractivity contribution in [2.45, 2.75) is 63.6 Å². The summed E-state index contributed by atoms with van der Waals surface area (Å²) >= 11 is 0. The summed E-state index contributed by atoms with van der Waals surface area (Å²) in [6.45, 7) is 2.13.